The molecule has 0 aliphatic carbocycles. The predicted molar refractivity (Wildman–Crippen MR) is 181 cm³/mol. The third kappa shape index (κ3) is 6.09. The molecule has 2 aromatic carbocycles. The van der Waals surface area contributed by atoms with Crippen LogP contribution in [0.4, 0.5) is 0 Å². The van der Waals surface area contributed by atoms with Crippen LogP contribution in [0, 0.1) is 5.92 Å². The second-order valence-corrected chi connectivity index (χ2v) is 20.0. The Morgan fingerprint density at radius 1 is 0.674 bits per heavy atom. The van der Waals surface area contributed by atoms with Gasteiger partial charge in [0.25, 0.3) is 0 Å². The lowest BCUT2D eigenvalue weighted by Gasteiger charge is -2.45. The van der Waals surface area contributed by atoms with E-state index in [1.165, 1.54) is 11.1 Å². The van der Waals surface area contributed by atoms with E-state index in [4.69, 9.17) is 23.0 Å². The quantitative estimate of drug-likeness (QED) is 0.338. The Hall–Kier alpha value is -1.41. The van der Waals surface area contributed by atoms with Crippen LogP contribution in [-0.2, 0) is 35.9 Å². The molecule has 0 spiro atoms. The van der Waals surface area contributed by atoms with Crippen molar-refractivity contribution in [3.05, 3.63) is 59.7 Å². The van der Waals surface area contributed by atoms with Crippen molar-refractivity contribution in [3.8, 4) is 0 Å². The van der Waals surface area contributed by atoms with Gasteiger partial charge in [0.1, 0.15) is 0 Å². The van der Waals surface area contributed by atoms with E-state index < -0.39 is 45.0 Å². The summed E-state index contributed by atoms with van der Waals surface area (Å²) in [4.78, 5) is 0. The molecule has 2 saturated heterocycles. The second-order valence-electron chi connectivity index (χ2n) is 15.3. The van der Waals surface area contributed by atoms with Crippen molar-refractivity contribution < 1.29 is 23.0 Å². The van der Waals surface area contributed by atoms with Crippen LogP contribution in [0.5, 0.6) is 0 Å². The maximum absolute atomic E-state index is 7.23. The smallest absolute Gasteiger partial charge is 0.412 e. The van der Waals surface area contributed by atoms with Crippen LogP contribution < -0.4 is 10.9 Å². The highest BCUT2D eigenvalue weighted by molar-refractivity contribution is 6.73. The molecule has 8 bridgehead atoms. The van der Waals surface area contributed by atoms with Gasteiger partial charge in [0.05, 0.1) is 28.0 Å². The molecular weight excluding hydrogens is 550 g/mol. The lowest BCUT2D eigenvalue weighted by atomic mass is 9.73. The Balaban J connectivity index is 1.56. The Kier molecular flexibility index (Phi) is 8.76. The van der Waals surface area contributed by atoms with Crippen LogP contribution in [0.15, 0.2) is 48.5 Å². The first-order chi connectivity index (χ1) is 20.0. The van der Waals surface area contributed by atoms with Gasteiger partial charge in [0, 0.05) is 6.42 Å². The van der Waals surface area contributed by atoms with Crippen LogP contribution in [-0.4, -0.2) is 50.6 Å². The van der Waals surface area contributed by atoms with Gasteiger partial charge in [-0.2, -0.15) is 0 Å². The summed E-state index contributed by atoms with van der Waals surface area (Å²) in [6, 6.07) is 21.2. The molecule has 2 atom stereocenters. The maximum atomic E-state index is 7.23. The van der Waals surface area contributed by atoms with Gasteiger partial charge >= 0.3 is 14.2 Å². The average molecular weight is 605 g/mol. The summed E-state index contributed by atoms with van der Waals surface area (Å²) < 4.78 is 34.1. The first-order valence-electron chi connectivity index (χ1n) is 16.6. The molecule has 0 amide bonds. The standard InChI is InChI=1S/C35H54B2O5Si/c1-12-43(13-2,14-3)42-31(4,5)28-23-26-15-19-29(20-16-26)36-38-32(6,7)34(10,40-36)25-35(11)33(8,9)39-37(41-35)30-21-17-27(24-28)18-22-30/h15-22,28H,12-14,23-25H2,1-11H3. The Bertz CT molecular complexity index is 1190. The molecule has 43 heavy (non-hydrogen) atoms. The van der Waals surface area contributed by atoms with Crippen molar-refractivity contribution in [3.63, 3.8) is 0 Å². The lowest BCUT2D eigenvalue weighted by molar-refractivity contribution is -0.0967. The van der Waals surface area contributed by atoms with E-state index in [2.05, 4.69) is 125 Å². The van der Waals surface area contributed by atoms with Gasteiger partial charge < -0.3 is 23.0 Å². The Labute approximate surface area is 263 Å². The van der Waals surface area contributed by atoms with Gasteiger partial charge in [-0.05, 0) is 114 Å². The normalized spacial score (nSPS) is 28.8. The molecular formula is C35H54B2O5Si. The first-order valence-corrected chi connectivity index (χ1v) is 19.1. The van der Waals surface area contributed by atoms with Gasteiger partial charge in [-0.3, -0.25) is 0 Å². The summed E-state index contributed by atoms with van der Waals surface area (Å²) in [5.41, 5.74) is 2.23. The number of hydrogen-bond donors (Lipinski definition) is 0. The fraction of sp³-hybridized carbons (Fsp3) is 0.657. The molecule has 0 saturated carbocycles. The fourth-order valence-electron chi connectivity index (χ4n) is 7.38. The van der Waals surface area contributed by atoms with Crippen molar-refractivity contribution in [2.45, 2.75) is 142 Å². The monoisotopic (exact) mass is 604 g/mol. The molecule has 0 aromatic heterocycles. The van der Waals surface area contributed by atoms with Crippen molar-refractivity contribution in [1.82, 2.24) is 0 Å². The van der Waals surface area contributed by atoms with E-state index in [-0.39, 0.29) is 5.60 Å². The Morgan fingerprint density at radius 3 is 1.40 bits per heavy atom. The third-order valence-electron chi connectivity index (χ3n) is 11.6. The van der Waals surface area contributed by atoms with E-state index in [1.54, 1.807) is 0 Å². The maximum Gasteiger partial charge on any atom is 0.494 e. The number of hydrogen-bond acceptors (Lipinski definition) is 5. The zero-order chi connectivity index (χ0) is 31.5. The van der Waals surface area contributed by atoms with Crippen molar-refractivity contribution >= 4 is 33.5 Å². The summed E-state index contributed by atoms with van der Waals surface area (Å²) in [6.45, 7) is 24.4. The first kappa shape index (κ1) is 33.0. The summed E-state index contributed by atoms with van der Waals surface area (Å²) in [6.07, 6.45) is 2.51. The average Bonchev–Trinajstić information content (AvgIpc) is 3.33. The van der Waals surface area contributed by atoms with Gasteiger partial charge in [-0.15, -0.1) is 0 Å². The molecule has 234 valence electrons. The molecule has 0 N–H and O–H groups in total. The van der Waals surface area contributed by atoms with Gasteiger partial charge in [0.2, 0.25) is 0 Å². The fourth-order valence-corrected chi connectivity index (χ4v) is 10.6. The Morgan fingerprint density at radius 2 is 1.05 bits per heavy atom. The van der Waals surface area contributed by atoms with Gasteiger partial charge in [-0.1, -0.05) is 69.3 Å². The highest BCUT2D eigenvalue weighted by Gasteiger charge is 2.63. The number of rotatable bonds is 6. The lowest BCUT2D eigenvalue weighted by Crippen LogP contribution is -2.55. The van der Waals surface area contributed by atoms with E-state index in [0.717, 1.165) is 41.9 Å². The van der Waals surface area contributed by atoms with Crippen molar-refractivity contribution in [1.29, 1.82) is 0 Å². The molecule has 0 radical (unpaired) electrons. The topological polar surface area (TPSA) is 46.2 Å². The predicted octanol–water partition coefficient (Wildman–Crippen LogP) is 6.85. The van der Waals surface area contributed by atoms with Crippen LogP contribution in [0.3, 0.4) is 0 Å². The van der Waals surface area contributed by atoms with Crippen LogP contribution in [0.2, 0.25) is 18.1 Å². The van der Waals surface area contributed by atoms with Gasteiger partial charge in [-0.25, -0.2) is 0 Å². The minimum absolute atomic E-state index is 0.264. The summed E-state index contributed by atoms with van der Waals surface area (Å²) >= 11 is 0. The minimum Gasteiger partial charge on any atom is -0.412 e. The largest absolute Gasteiger partial charge is 0.494 e. The molecule has 2 fully saturated rings. The highest BCUT2D eigenvalue weighted by Crippen LogP contribution is 2.49. The third-order valence-corrected chi connectivity index (χ3v) is 16.4. The second kappa shape index (κ2) is 11.4. The minimum atomic E-state index is -1.81. The van der Waals surface area contributed by atoms with E-state index in [0.29, 0.717) is 12.3 Å². The molecule has 8 rings (SSSR count). The van der Waals surface area contributed by atoms with Crippen LogP contribution >= 0.6 is 0 Å². The zero-order valence-corrected chi connectivity index (χ0v) is 29.6. The molecule has 6 aliphatic rings. The molecule has 2 unspecified atom stereocenters. The molecule has 6 heterocycles. The summed E-state index contributed by atoms with van der Waals surface area (Å²) in [7, 11) is -2.69. The molecule has 6 aliphatic heterocycles. The van der Waals surface area contributed by atoms with E-state index >= 15 is 0 Å². The SMILES string of the molecule is CC[Si](CC)(CC)OC(C)(C)C1Cc2ccc(cc2)B2OC(C)(C)C(C)(CC3(C)OB(OC3(C)C)c3ccc(cc3)C1)O2. The molecule has 5 nitrogen and oxygen atoms in total. The van der Waals surface area contributed by atoms with Crippen molar-refractivity contribution in [2.75, 3.05) is 0 Å². The summed E-state index contributed by atoms with van der Waals surface area (Å²) in [5.74, 6) is 0.307. The molecule has 8 heteroatoms. The van der Waals surface area contributed by atoms with Crippen LogP contribution in [0.25, 0.3) is 0 Å². The van der Waals surface area contributed by atoms with Gasteiger partial charge in [0.15, 0.2) is 8.32 Å². The van der Waals surface area contributed by atoms with E-state index in [9.17, 15) is 0 Å². The summed E-state index contributed by atoms with van der Waals surface area (Å²) in [5, 5.41) is 0. The molecule has 2 aromatic rings. The van der Waals surface area contributed by atoms with E-state index in [1.807, 2.05) is 0 Å². The number of benzene rings is 2. The zero-order valence-electron chi connectivity index (χ0n) is 28.6. The van der Waals surface area contributed by atoms with Crippen molar-refractivity contribution in [2.24, 2.45) is 5.92 Å². The highest BCUT2D eigenvalue weighted by atomic mass is 28.4. The van der Waals surface area contributed by atoms with Crippen LogP contribution in [0.1, 0.15) is 93.7 Å².